The summed E-state index contributed by atoms with van der Waals surface area (Å²) in [6.07, 6.45) is -4.35. The number of hydrogen-bond acceptors (Lipinski definition) is 8. The molecule has 2 heterocycles. The molecule has 0 unspecified atom stereocenters. The van der Waals surface area contributed by atoms with Gasteiger partial charge in [0.25, 0.3) is 5.91 Å². The van der Waals surface area contributed by atoms with Gasteiger partial charge < -0.3 is 24.6 Å². The highest BCUT2D eigenvalue weighted by molar-refractivity contribution is 7.79. The normalized spacial score (nSPS) is 14.1. The van der Waals surface area contributed by atoms with Gasteiger partial charge >= 0.3 is 16.6 Å². The number of nitrogens with one attached hydrogen (secondary N) is 2. The van der Waals surface area contributed by atoms with Crippen molar-refractivity contribution in [1.29, 1.82) is 0 Å². The summed E-state index contributed by atoms with van der Waals surface area (Å²) in [5.41, 5.74) is 2.31. The highest BCUT2D eigenvalue weighted by atomic mass is 32.3. The molecular formula is C29H32F3N5O7S. The summed E-state index contributed by atoms with van der Waals surface area (Å²) >= 11 is 0. The van der Waals surface area contributed by atoms with E-state index >= 15 is 0 Å². The van der Waals surface area contributed by atoms with Gasteiger partial charge in [0.2, 0.25) is 0 Å². The largest absolute Gasteiger partial charge is 0.491 e. The number of alkyl halides is 3. The number of amides is 1. The lowest BCUT2D eigenvalue weighted by Crippen LogP contribution is -2.44. The third-order valence-electron chi connectivity index (χ3n) is 6.81. The minimum absolute atomic E-state index is 0.183. The van der Waals surface area contributed by atoms with Gasteiger partial charge in [-0.2, -0.15) is 26.7 Å². The monoisotopic (exact) mass is 651 g/mol. The van der Waals surface area contributed by atoms with Gasteiger partial charge in [0, 0.05) is 48.9 Å². The first-order valence-electron chi connectivity index (χ1n) is 13.7. The van der Waals surface area contributed by atoms with Crippen molar-refractivity contribution < 1.29 is 45.0 Å². The summed E-state index contributed by atoms with van der Waals surface area (Å²) in [7, 11) is -2.55. The number of carbonyl (C=O) groups is 1. The number of benzene rings is 3. The second-order valence-corrected chi connectivity index (χ2v) is 11.0. The zero-order chi connectivity index (χ0) is 32.6. The Labute approximate surface area is 257 Å². The molecule has 12 nitrogen and oxygen atoms in total. The van der Waals surface area contributed by atoms with Crippen LogP contribution in [0.5, 0.6) is 5.75 Å². The molecule has 45 heavy (non-hydrogen) atoms. The quantitative estimate of drug-likeness (QED) is 0.150. The van der Waals surface area contributed by atoms with Crippen LogP contribution in [0.25, 0.3) is 10.9 Å². The number of likely N-dealkylation sites (N-methyl/N-ethyl adjacent to an activating group) is 1. The van der Waals surface area contributed by atoms with E-state index < -0.39 is 22.1 Å². The number of aromatic amines is 1. The molecule has 1 aromatic heterocycles. The van der Waals surface area contributed by atoms with Gasteiger partial charge in [-0.3, -0.25) is 19.0 Å². The molecule has 3 aromatic carbocycles. The van der Waals surface area contributed by atoms with Crippen molar-refractivity contribution >= 4 is 38.7 Å². The number of aromatic nitrogens is 2. The molecule has 1 aliphatic rings. The van der Waals surface area contributed by atoms with Gasteiger partial charge in [0.05, 0.1) is 24.3 Å². The smallest absolute Gasteiger partial charge is 0.416 e. The van der Waals surface area contributed by atoms with Crippen LogP contribution in [0, 0.1) is 0 Å². The standard InChI is InChI=1S/C29H30F3N5O3.H2O4S/c1-36-12-14-37(15-13-36)23-8-4-21(5-9-23)28(38)33-27-25-11-10-24(18-26(25)34-35-27)40-17-16-39-19-20-2-6-22(7-3-20)29(30,31)32;1-5(2,3)4/h2-11,18H,12-17,19H2,1H3,(H2,33,34,35,38);(H2,1,2,3,4). The highest BCUT2D eigenvalue weighted by Gasteiger charge is 2.29. The molecular weight excluding hydrogens is 619 g/mol. The molecule has 1 fully saturated rings. The molecule has 0 atom stereocenters. The molecule has 0 radical (unpaired) electrons. The Morgan fingerprint density at radius 2 is 1.62 bits per heavy atom. The van der Waals surface area contributed by atoms with Crippen molar-refractivity contribution in [2.75, 3.05) is 56.7 Å². The number of H-pyrrole nitrogens is 1. The number of rotatable bonds is 9. The second-order valence-electron chi connectivity index (χ2n) is 10.1. The molecule has 4 N–H and O–H groups in total. The van der Waals surface area contributed by atoms with Gasteiger partial charge in [-0.1, -0.05) is 12.1 Å². The molecule has 242 valence electrons. The molecule has 16 heteroatoms. The van der Waals surface area contributed by atoms with E-state index in [2.05, 4.69) is 32.4 Å². The van der Waals surface area contributed by atoms with Gasteiger partial charge in [0.15, 0.2) is 5.82 Å². The lowest BCUT2D eigenvalue weighted by atomic mass is 10.1. The van der Waals surface area contributed by atoms with Crippen molar-refractivity contribution in [2.45, 2.75) is 12.8 Å². The maximum absolute atomic E-state index is 12.8. The predicted octanol–water partition coefficient (Wildman–Crippen LogP) is 4.53. The average molecular weight is 652 g/mol. The zero-order valence-corrected chi connectivity index (χ0v) is 24.9. The SMILES string of the molecule is CN1CCN(c2ccc(C(=O)Nc3n[nH]c4cc(OCCOCc5ccc(C(F)(F)F)cc5)ccc34)cc2)CC1.O=S(=O)(O)O. The van der Waals surface area contributed by atoms with E-state index in [1.165, 1.54) is 12.1 Å². The Balaban J connectivity index is 0.000000854. The summed E-state index contributed by atoms with van der Waals surface area (Å²) in [6.45, 7) is 4.65. The van der Waals surface area contributed by atoms with Crippen LogP contribution in [0.1, 0.15) is 21.5 Å². The number of carbonyl (C=O) groups excluding carboxylic acids is 1. The fourth-order valence-electron chi connectivity index (χ4n) is 4.45. The van der Waals surface area contributed by atoms with E-state index in [9.17, 15) is 18.0 Å². The Hall–Kier alpha value is -4.22. The maximum atomic E-state index is 12.8. The number of piperazine rings is 1. The van der Waals surface area contributed by atoms with Crippen LogP contribution in [0.4, 0.5) is 24.7 Å². The topological polar surface area (TPSA) is 157 Å². The van der Waals surface area contributed by atoms with E-state index in [0.717, 1.165) is 49.4 Å². The van der Waals surface area contributed by atoms with Gasteiger partial charge in [-0.05, 0) is 61.1 Å². The number of halogens is 3. The van der Waals surface area contributed by atoms with Crippen molar-refractivity contribution in [2.24, 2.45) is 0 Å². The lowest BCUT2D eigenvalue weighted by Gasteiger charge is -2.34. The molecule has 1 saturated heterocycles. The van der Waals surface area contributed by atoms with Crippen LogP contribution >= 0.6 is 0 Å². The van der Waals surface area contributed by atoms with Crippen LogP contribution in [-0.2, 0) is 27.9 Å². The van der Waals surface area contributed by atoms with Crippen LogP contribution in [0.15, 0.2) is 66.7 Å². The van der Waals surface area contributed by atoms with Crippen LogP contribution < -0.4 is 15.0 Å². The van der Waals surface area contributed by atoms with E-state index in [1.807, 2.05) is 30.3 Å². The Bertz CT molecular complexity index is 1670. The molecule has 0 spiro atoms. The minimum Gasteiger partial charge on any atom is -0.491 e. The summed E-state index contributed by atoms with van der Waals surface area (Å²) in [5.74, 6) is 0.769. The predicted molar refractivity (Wildman–Crippen MR) is 161 cm³/mol. The van der Waals surface area contributed by atoms with E-state index in [4.69, 9.17) is 27.0 Å². The van der Waals surface area contributed by atoms with Crippen molar-refractivity contribution in [3.05, 3.63) is 83.4 Å². The fraction of sp³-hybridized carbons (Fsp3) is 0.310. The summed E-state index contributed by atoms with van der Waals surface area (Å²) in [6, 6.07) is 17.8. The minimum atomic E-state index is -4.67. The number of nitrogens with zero attached hydrogens (tertiary/aromatic N) is 3. The first-order valence-corrected chi connectivity index (χ1v) is 15.1. The first kappa shape index (κ1) is 33.7. The molecule has 5 rings (SSSR count). The molecule has 0 aliphatic carbocycles. The number of ether oxygens (including phenoxy) is 2. The molecule has 0 bridgehead atoms. The third kappa shape index (κ3) is 10.4. The summed E-state index contributed by atoms with van der Waals surface area (Å²) in [5, 5.41) is 10.8. The number of fused-ring (bicyclic) bond motifs is 1. The third-order valence-corrected chi connectivity index (χ3v) is 6.81. The number of anilines is 2. The van der Waals surface area contributed by atoms with Crippen molar-refractivity contribution in [3.63, 3.8) is 0 Å². The van der Waals surface area contributed by atoms with Gasteiger partial charge in [-0.25, -0.2) is 0 Å². The van der Waals surface area contributed by atoms with E-state index in [0.29, 0.717) is 28.2 Å². The first-order chi connectivity index (χ1) is 21.3. The van der Waals surface area contributed by atoms with Crippen LogP contribution in [-0.4, -0.2) is 85.0 Å². The van der Waals surface area contributed by atoms with Crippen molar-refractivity contribution in [3.8, 4) is 5.75 Å². The van der Waals surface area contributed by atoms with E-state index in [-0.39, 0.29) is 25.7 Å². The maximum Gasteiger partial charge on any atom is 0.416 e. The average Bonchev–Trinajstić information content (AvgIpc) is 3.38. The lowest BCUT2D eigenvalue weighted by molar-refractivity contribution is -0.137. The van der Waals surface area contributed by atoms with Crippen molar-refractivity contribution in [1.82, 2.24) is 15.1 Å². The Kier molecular flexibility index (Phi) is 11.0. The highest BCUT2D eigenvalue weighted by Crippen LogP contribution is 2.29. The molecule has 1 amide bonds. The van der Waals surface area contributed by atoms with Gasteiger partial charge in [0.1, 0.15) is 12.4 Å². The molecule has 1 aliphatic heterocycles. The zero-order valence-electron chi connectivity index (χ0n) is 24.1. The Morgan fingerprint density at radius 1 is 0.978 bits per heavy atom. The molecule has 4 aromatic rings. The summed E-state index contributed by atoms with van der Waals surface area (Å²) in [4.78, 5) is 17.5. The van der Waals surface area contributed by atoms with Gasteiger partial charge in [-0.15, -0.1) is 0 Å². The molecule has 0 saturated carbocycles. The summed E-state index contributed by atoms with van der Waals surface area (Å²) < 4.78 is 80.8. The van der Waals surface area contributed by atoms with Crippen LogP contribution in [0.2, 0.25) is 0 Å². The van der Waals surface area contributed by atoms with E-state index in [1.54, 1.807) is 12.1 Å². The number of hydrogen-bond donors (Lipinski definition) is 4. The second kappa shape index (κ2) is 14.7. The Morgan fingerprint density at radius 3 is 2.24 bits per heavy atom. The fourth-order valence-corrected chi connectivity index (χ4v) is 4.45. The van der Waals surface area contributed by atoms with Crippen LogP contribution in [0.3, 0.4) is 0 Å².